The van der Waals surface area contributed by atoms with Crippen LogP contribution in [0, 0.1) is 6.92 Å². The van der Waals surface area contributed by atoms with Crippen molar-refractivity contribution in [3.63, 3.8) is 0 Å². The molecule has 0 spiro atoms. The molecule has 150 valence electrons. The minimum Gasteiger partial charge on any atom is -0.324 e. The maximum Gasteiger partial charge on any atom is 0.264 e. The van der Waals surface area contributed by atoms with Crippen molar-refractivity contribution in [1.82, 2.24) is 0 Å². The molecule has 3 aromatic rings. The second-order valence-corrected chi connectivity index (χ2v) is 8.58. The van der Waals surface area contributed by atoms with Gasteiger partial charge in [-0.25, -0.2) is 8.42 Å². The van der Waals surface area contributed by atoms with E-state index < -0.39 is 15.9 Å². The van der Waals surface area contributed by atoms with Crippen LogP contribution in [0.25, 0.3) is 0 Å². The molecule has 0 unspecified atom stereocenters. The van der Waals surface area contributed by atoms with Crippen molar-refractivity contribution < 1.29 is 13.2 Å². The van der Waals surface area contributed by atoms with Crippen molar-refractivity contribution >= 4 is 27.3 Å². The van der Waals surface area contributed by atoms with Gasteiger partial charge in [0.15, 0.2) is 0 Å². The van der Waals surface area contributed by atoms with Gasteiger partial charge in [0.05, 0.1) is 10.6 Å². The summed E-state index contributed by atoms with van der Waals surface area (Å²) in [6, 6.07) is 22.7. The van der Waals surface area contributed by atoms with Crippen molar-refractivity contribution in [2.75, 3.05) is 16.2 Å². The van der Waals surface area contributed by atoms with Crippen LogP contribution in [-0.4, -0.2) is 20.9 Å². The fourth-order valence-electron chi connectivity index (χ4n) is 3.02. The minimum absolute atomic E-state index is 0.141. The standard InChI is InChI=1S/C23H24N2O3S/c1-3-19-9-7-8-12-22(19)24-23(26)17-25(20-15-13-18(2)14-16-20)29(27,28)21-10-5-4-6-11-21/h4-16H,3,17H2,1-2H3,(H,24,26). The van der Waals surface area contributed by atoms with Gasteiger partial charge in [-0.05, 0) is 49.2 Å². The number of rotatable bonds is 7. The number of aryl methyl sites for hydroxylation is 2. The number of amides is 1. The lowest BCUT2D eigenvalue weighted by atomic mass is 10.1. The quantitative estimate of drug-likeness (QED) is 0.630. The molecule has 0 aliphatic rings. The number of carbonyl (C=O) groups is 1. The molecule has 3 aromatic carbocycles. The van der Waals surface area contributed by atoms with Crippen molar-refractivity contribution in [2.45, 2.75) is 25.2 Å². The summed E-state index contributed by atoms with van der Waals surface area (Å²) in [7, 11) is -3.90. The highest BCUT2D eigenvalue weighted by molar-refractivity contribution is 7.92. The molecule has 0 saturated heterocycles. The van der Waals surface area contributed by atoms with Crippen molar-refractivity contribution in [2.24, 2.45) is 0 Å². The van der Waals surface area contributed by atoms with E-state index in [4.69, 9.17) is 0 Å². The Morgan fingerprint density at radius 3 is 2.17 bits per heavy atom. The van der Waals surface area contributed by atoms with Crippen LogP contribution >= 0.6 is 0 Å². The molecule has 0 saturated carbocycles. The smallest absolute Gasteiger partial charge is 0.264 e. The molecule has 6 heteroatoms. The van der Waals surface area contributed by atoms with Crippen LogP contribution in [0.15, 0.2) is 83.8 Å². The zero-order chi connectivity index (χ0) is 20.9. The summed E-state index contributed by atoms with van der Waals surface area (Å²) in [6.07, 6.45) is 0.764. The Balaban J connectivity index is 1.93. The molecule has 3 rings (SSSR count). The van der Waals surface area contributed by atoms with E-state index in [1.807, 2.05) is 50.2 Å². The van der Waals surface area contributed by atoms with Gasteiger partial charge in [0.2, 0.25) is 5.91 Å². The average molecular weight is 409 g/mol. The summed E-state index contributed by atoms with van der Waals surface area (Å²) in [5.41, 5.74) is 3.14. The van der Waals surface area contributed by atoms with Gasteiger partial charge in [-0.3, -0.25) is 9.10 Å². The van der Waals surface area contributed by atoms with Gasteiger partial charge in [-0.2, -0.15) is 0 Å². The lowest BCUT2D eigenvalue weighted by molar-refractivity contribution is -0.114. The lowest BCUT2D eigenvalue weighted by Crippen LogP contribution is -2.38. The zero-order valence-electron chi connectivity index (χ0n) is 16.5. The van der Waals surface area contributed by atoms with Gasteiger partial charge in [0.1, 0.15) is 6.54 Å². The van der Waals surface area contributed by atoms with Crippen LogP contribution in [0.3, 0.4) is 0 Å². The molecule has 1 N–H and O–H groups in total. The van der Waals surface area contributed by atoms with Crippen molar-refractivity contribution in [1.29, 1.82) is 0 Å². The average Bonchev–Trinajstić information content (AvgIpc) is 2.74. The third-order valence-corrected chi connectivity index (χ3v) is 6.40. The summed E-state index contributed by atoms with van der Waals surface area (Å²) >= 11 is 0. The van der Waals surface area contributed by atoms with Crippen molar-refractivity contribution in [3.05, 3.63) is 90.0 Å². The van der Waals surface area contributed by atoms with E-state index in [0.29, 0.717) is 11.4 Å². The van der Waals surface area contributed by atoms with Crippen LogP contribution in [0.1, 0.15) is 18.1 Å². The third-order valence-electron chi connectivity index (χ3n) is 4.61. The van der Waals surface area contributed by atoms with Gasteiger partial charge in [0, 0.05) is 5.69 Å². The second-order valence-electron chi connectivity index (χ2n) is 6.72. The van der Waals surface area contributed by atoms with Crippen LogP contribution < -0.4 is 9.62 Å². The van der Waals surface area contributed by atoms with Gasteiger partial charge in [0.25, 0.3) is 10.0 Å². The summed E-state index contributed by atoms with van der Waals surface area (Å²) in [4.78, 5) is 12.9. The third kappa shape index (κ3) is 4.84. The van der Waals surface area contributed by atoms with E-state index >= 15 is 0 Å². The molecule has 1 amide bonds. The molecule has 0 atom stereocenters. The Morgan fingerprint density at radius 2 is 1.52 bits per heavy atom. The Morgan fingerprint density at radius 1 is 0.897 bits per heavy atom. The number of hydrogen-bond acceptors (Lipinski definition) is 3. The van der Waals surface area contributed by atoms with Gasteiger partial charge in [-0.15, -0.1) is 0 Å². The van der Waals surface area contributed by atoms with E-state index in [2.05, 4.69) is 5.32 Å². The normalized spacial score (nSPS) is 11.1. The topological polar surface area (TPSA) is 66.5 Å². The Bertz CT molecular complexity index is 1080. The zero-order valence-corrected chi connectivity index (χ0v) is 17.3. The number of para-hydroxylation sites is 1. The molecule has 0 aliphatic carbocycles. The van der Waals surface area contributed by atoms with Gasteiger partial charge in [-0.1, -0.05) is 61.0 Å². The van der Waals surface area contributed by atoms with Crippen LogP contribution in [-0.2, 0) is 21.2 Å². The molecular weight excluding hydrogens is 384 g/mol. The Kier molecular flexibility index (Phi) is 6.34. The number of sulfonamides is 1. The monoisotopic (exact) mass is 408 g/mol. The predicted octanol–water partition coefficient (Wildman–Crippen LogP) is 4.39. The highest BCUT2D eigenvalue weighted by atomic mass is 32.2. The lowest BCUT2D eigenvalue weighted by Gasteiger charge is -2.24. The maximum absolute atomic E-state index is 13.3. The molecule has 0 fully saturated rings. The summed E-state index contributed by atoms with van der Waals surface area (Å²) in [5.74, 6) is -0.397. The first-order chi connectivity index (χ1) is 13.9. The fourth-order valence-corrected chi connectivity index (χ4v) is 4.46. The Labute approximate surface area is 172 Å². The number of hydrogen-bond donors (Lipinski definition) is 1. The van der Waals surface area contributed by atoms with E-state index in [0.717, 1.165) is 21.9 Å². The van der Waals surface area contributed by atoms with E-state index in [1.54, 1.807) is 30.3 Å². The van der Waals surface area contributed by atoms with E-state index in [-0.39, 0.29) is 11.4 Å². The molecule has 0 bridgehead atoms. The summed E-state index contributed by atoms with van der Waals surface area (Å²) < 4.78 is 27.7. The summed E-state index contributed by atoms with van der Waals surface area (Å²) in [6.45, 7) is 3.61. The highest BCUT2D eigenvalue weighted by Gasteiger charge is 2.27. The van der Waals surface area contributed by atoms with Gasteiger partial charge < -0.3 is 5.32 Å². The first-order valence-electron chi connectivity index (χ1n) is 9.44. The van der Waals surface area contributed by atoms with E-state index in [1.165, 1.54) is 12.1 Å². The Hall–Kier alpha value is -3.12. The molecule has 0 aromatic heterocycles. The molecule has 0 radical (unpaired) electrons. The number of carbonyl (C=O) groups excluding carboxylic acids is 1. The predicted molar refractivity (Wildman–Crippen MR) is 117 cm³/mol. The molecule has 0 aliphatic heterocycles. The molecule has 0 heterocycles. The number of nitrogens with zero attached hydrogens (tertiary/aromatic N) is 1. The van der Waals surface area contributed by atoms with E-state index in [9.17, 15) is 13.2 Å². The van der Waals surface area contributed by atoms with Gasteiger partial charge >= 0.3 is 0 Å². The van der Waals surface area contributed by atoms with Crippen molar-refractivity contribution in [3.8, 4) is 0 Å². The fraction of sp³-hybridized carbons (Fsp3) is 0.174. The maximum atomic E-state index is 13.3. The molecule has 5 nitrogen and oxygen atoms in total. The number of nitrogens with one attached hydrogen (secondary N) is 1. The number of benzene rings is 3. The molecular formula is C23H24N2O3S. The largest absolute Gasteiger partial charge is 0.324 e. The first-order valence-corrected chi connectivity index (χ1v) is 10.9. The number of anilines is 2. The van der Waals surface area contributed by atoms with Crippen LogP contribution in [0.5, 0.6) is 0 Å². The first kappa shape index (κ1) is 20.6. The summed E-state index contributed by atoms with van der Waals surface area (Å²) in [5, 5.41) is 2.85. The highest BCUT2D eigenvalue weighted by Crippen LogP contribution is 2.24. The molecule has 29 heavy (non-hydrogen) atoms. The van der Waals surface area contributed by atoms with Crippen LogP contribution in [0.4, 0.5) is 11.4 Å². The minimum atomic E-state index is -3.90. The van der Waals surface area contributed by atoms with Crippen LogP contribution in [0.2, 0.25) is 0 Å². The SMILES string of the molecule is CCc1ccccc1NC(=O)CN(c1ccc(C)cc1)S(=O)(=O)c1ccccc1. The second kappa shape index (κ2) is 8.92.